The van der Waals surface area contributed by atoms with E-state index in [1.165, 1.54) is 0 Å². The molecule has 25 heavy (non-hydrogen) atoms. The average Bonchev–Trinajstić information content (AvgIpc) is 3.32. The molecule has 6 heteroatoms. The van der Waals surface area contributed by atoms with E-state index in [0.29, 0.717) is 5.69 Å². The number of amides is 1. The minimum absolute atomic E-state index is 0.252. The summed E-state index contributed by atoms with van der Waals surface area (Å²) in [6.45, 7) is 2.02. The van der Waals surface area contributed by atoms with Crippen molar-refractivity contribution in [1.82, 2.24) is 15.2 Å². The largest absolute Gasteiger partial charge is 0.292 e. The number of carbonyl (C=O) groups excluding carboxylic acids is 1. The van der Waals surface area contributed by atoms with E-state index in [9.17, 15) is 4.79 Å². The van der Waals surface area contributed by atoms with E-state index in [0.717, 1.165) is 46.6 Å². The van der Waals surface area contributed by atoms with E-state index < -0.39 is 0 Å². The molecule has 0 fully saturated rings. The Morgan fingerprint density at radius 1 is 1.28 bits per heavy atom. The Bertz CT molecular complexity index is 940. The van der Waals surface area contributed by atoms with Crippen molar-refractivity contribution in [2.45, 2.75) is 26.2 Å². The first-order valence-electron chi connectivity index (χ1n) is 8.28. The van der Waals surface area contributed by atoms with Crippen LogP contribution in [0.4, 0.5) is 0 Å². The van der Waals surface area contributed by atoms with Gasteiger partial charge in [0.05, 0.1) is 11.9 Å². The number of benzene rings is 1. The summed E-state index contributed by atoms with van der Waals surface area (Å²) in [4.78, 5) is 13.6. The first-order chi connectivity index (χ1) is 12.2. The Balaban J connectivity index is 1.59. The quantitative estimate of drug-likeness (QED) is 0.578. The van der Waals surface area contributed by atoms with Gasteiger partial charge in [-0.15, -0.1) is 11.3 Å². The van der Waals surface area contributed by atoms with Crippen molar-refractivity contribution in [2.24, 2.45) is 5.10 Å². The number of hydrogen-bond donors (Lipinski definition) is 1. The molecule has 0 unspecified atom stereocenters. The normalized spacial score (nSPS) is 13.3. The van der Waals surface area contributed by atoms with Gasteiger partial charge in [0, 0.05) is 16.1 Å². The van der Waals surface area contributed by atoms with Gasteiger partial charge in [-0.25, -0.2) is 10.1 Å². The summed E-state index contributed by atoms with van der Waals surface area (Å²) in [6.07, 6.45) is 4.57. The fraction of sp³-hybridized carbons (Fsp3) is 0.211. The molecule has 1 aliphatic rings. The molecule has 5 nitrogen and oxygen atoms in total. The van der Waals surface area contributed by atoms with Crippen LogP contribution >= 0.6 is 11.3 Å². The van der Waals surface area contributed by atoms with E-state index in [2.05, 4.69) is 15.6 Å². The standard InChI is InChI=1S/C19H18N4OS/c1-13-10-11-25-17(13)12-20-21-19(24)18-15-8-5-9-16(15)23(22-18)14-6-3-2-4-7-14/h2-4,6-7,10-12H,5,8-9H2,1H3,(H,21,24)/b20-12+. The third-order valence-corrected chi connectivity index (χ3v) is 5.35. The van der Waals surface area contributed by atoms with E-state index in [1.807, 2.05) is 53.4 Å². The van der Waals surface area contributed by atoms with Crippen LogP contribution in [0, 0.1) is 6.92 Å². The highest BCUT2D eigenvalue weighted by Gasteiger charge is 2.26. The lowest BCUT2D eigenvalue weighted by Gasteiger charge is -2.04. The number of para-hydroxylation sites is 1. The highest BCUT2D eigenvalue weighted by atomic mass is 32.1. The van der Waals surface area contributed by atoms with Crippen molar-refractivity contribution in [3.63, 3.8) is 0 Å². The van der Waals surface area contributed by atoms with Gasteiger partial charge in [-0.2, -0.15) is 10.2 Å². The van der Waals surface area contributed by atoms with E-state index in [4.69, 9.17) is 0 Å². The number of aromatic nitrogens is 2. The molecule has 0 radical (unpaired) electrons. The Labute approximate surface area is 150 Å². The van der Waals surface area contributed by atoms with Gasteiger partial charge in [-0.05, 0) is 55.3 Å². The lowest BCUT2D eigenvalue weighted by molar-refractivity contribution is 0.0949. The number of fused-ring (bicyclic) bond motifs is 1. The Morgan fingerprint density at radius 2 is 2.12 bits per heavy atom. The van der Waals surface area contributed by atoms with Crippen molar-refractivity contribution in [3.05, 3.63) is 69.2 Å². The second kappa shape index (κ2) is 6.64. The van der Waals surface area contributed by atoms with Crippen LogP contribution in [0.3, 0.4) is 0 Å². The number of nitrogens with one attached hydrogen (secondary N) is 1. The van der Waals surface area contributed by atoms with Crippen molar-refractivity contribution >= 4 is 23.5 Å². The molecular formula is C19H18N4OS. The third-order valence-electron chi connectivity index (χ3n) is 4.40. The van der Waals surface area contributed by atoms with E-state index >= 15 is 0 Å². The van der Waals surface area contributed by atoms with Gasteiger partial charge in [-0.1, -0.05) is 18.2 Å². The summed E-state index contributed by atoms with van der Waals surface area (Å²) < 4.78 is 1.89. The maximum Gasteiger partial charge on any atom is 0.292 e. The zero-order valence-electron chi connectivity index (χ0n) is 13.9. The second-order valence-electron chi connectivity index (χ2n) is 6.04. The number of carbonyl (C=O) groups is 1. The van der Waals surface area contributed by atoms with E-state index in [1.54, 1.807) is 17.6 Å². The molecule has 0 spiro atoms. The van der Waals surface area contributed by atoms with Gasteiger partial charge in [0.1, 0.15) is 0 Å². The lowest BCUT2D eigenvalue weighted by atomic mass is 10.2. The van der Waals surface area contributed by atoms with Gasteiger partial charge in [-0.3, -0.25) is 4.79 Å². The Kier molecular flexibility index (Phi) is 4.19. The maximum atomic E-state index is 12.6. The smallest absolute Gasteiger partial charge is 0.265 e. The Hall–Kier alpha value is -2.73. The summed E-state index contributed by atoms with van der Waals surface area (Å²) in [7, 11) is 0. The first kappa shape index (κ1) is 15.8. The zero-order chi connectivity index (χ0) is 17.2. The topological polar surface area (TPSA) is 59.3 Å². The molecule has 0 saturated carbocycles. The highest BCUT2D eigenvalue weighted by molar-refractivity contribution is 7.11. The fourth-order valence-corrected chi connectivity index (χ4v) is 3.91. The second-order valence-corrected chi connectivity index (χ2v) is 6.99. The molecule has 1 N–H and O–H groups in total. The van der Waals surface area contributed by atoms with Crippen LogP contribution in [-0.2, 0) is 12.8 Å². The van der Waals surface area contributed by atoms with Crippen LogP contribution in [-0.4, -0.2) is 21.9 Å². The average molecular weight is 350 g/mol. The predicted molar refractivity (Wildman–Crippen MR) is 99.7 cm³/mol. The van der Waals surface area contributed by atoms with E-state index in [-0.39, 0.29) is 5.91 Å². The lowest BCUT2D eigenvalue weighted by Crippen LogP contribution is -2.19. The third kappa shape index (κ3) is 3.00. The number of aryl methyl sites for hydroxylation is 1. The molecule has 3 aromatic rings. The van der Waals surface area contributed by atoms with Crippen molar-refractivity contribution in [2.75, 3.05) is 0 Å². The fourth-order valence-electron chi connectivity index (χ4n) is 3.12. The molecule has 126 valence electrons. The van der Waals surface area contributed by atoms with Crippen LogP contribution in [0.15, 0.2) is 46.9 Å². The summed E-state index contributed by atoms with van der Waals surface area (Å²) in [5, 5.41) is 10.7. The van der Waals surface area contributed by atoms with Crippen LogP contribution in [0.2, 0.25) is 0 Å². The molecule has 0 saturated heterocycles. The zero-order valence-corrected chi connectivity index (χ0v) is 14.7. The SMILES string of the molecule is Cc1ccsc1/C=N/NC(=O)c1nn(-c2ccccc2)c2c1CCC2. The van der Waals surface area contributed by atoms with Gasteiger partial charge in [0.2, 0.25) is 0 Å². The summed E-state index contributed by atoms with van der Waals surface area (Å²) in [5.41, 5.74) is 7.42. The van der Waals surface area contributed by atoms with Crippen molar-refractivity contribution < 1.29 is 4.79 Å². The summed E-state index contributed by atoms with van der Waals surface area (Å²) >= 11 is 1.60. The minimum Gasteiger partial charge on any atom is -0.265 e. The molecule has 1 aromatic carbocycles. The van der Waals surface area contributed by atoms with Gasteiger partial charge in [0.15, 0.2) is 5.69 Å². The van der Waals surface area contributed by atoms with Crippen molar-refractivity contribution in [1.29, 1.82) is 0 Å². The highest BCUT2D eigenvalue weighted by Crippen LogP contribution is 2.27. The molecule has 0 aliphatic heterocycles. The molecule has 1 aliphatic carbocycles. The minimum atomic E-state index is -0.252. The molecule has 2 aromatic heterocycles. The van der Waals surface area contributed by atoms with Crippen LogP contribution in [0.5, 0.6) is 0 Å². The maximum absolute atomic E-state index is 12.6. The number of thiophene rings is 1. The Morgan fingerprint density at radius 3 is 2.88 bits per heavy atom. The van der Waals surface area contributed by atoms with Crippen molar-refractivity contribution in [3.8, 4) is 5.69 Å². The van der Waals surface area contributed by atoms with Crippen LogP contribution in [0.25, 0.3) is 5.69 Å². The molecule has 2 heterocycles. The number of rotatable bonds is 4. The molecular weight excluding hydrogens is 332 g/mol. The van der Waals surface area contributed by atoms with Gasteiger partial charge in [0.25, 0.3) is 5.91 Å². The summed E-state index contributed by atoms with van der Waals surface area (Å²) in [5.74, 6) is -0.252. The first-order valence-corrected chi connectivity index (χ1v) is 9.15. The molecule has 0 atom stereocenters. The molecule has 0 bridgehead atoms. The molecule has 1 amide bonds. The van der Waals surface area contributed by atoms with Gasteiger partial charge < -0.3 is 0 Å². The monoisotopic (exact) mass is 350 g/mol. The molecule has 4 rings (SSSR count). The summed E-state index contributed by atoms with van der Waals surface area (Å²) in [6, 6.07) is 12.0. The van der Waals surface area contributed by atoms with Crippen LogP contribution in [0.1, 0.15) is 38.6 Å². The van der Waals surface area contributed by atoms with Gasteiger partial charge >= 0.3 is 0 Å². The van der Waals surface area contributed by atoms with Crippen LogP contribution < -0.4 is 5.43 Å². The number of hydrogen-bond acceptors (Lipinski definition) is 4. The predicted octanol–water partition coefficient (Wildman–Crippen LogP) is 3.49. The number of nitrogens with zero attached hydrogens (tertiary/aromatic N) is 3. The number of hydrazone groups is 1.